The molecule has 0 spiro atoms. The minimum atomic E-state index is -3.67. The quantitative estimate of drug-likeness (QED) is 0.747. The van der Waals surface area contributed by atoms with Crippen molar-refractivity contribution in [3.05, 3.63) is 72.2 Å². The molecule has 0 fully saturated rings. The fourth-order valence-corrected chi connectivity index (χ4v) is 4.59. The van der Waals surface area contributed by atoms with Gasteiger partial charge >= 0.3 is 0 Å². The molecule has 1 N–H and O–H groups in total. The van der Waals surface area contributed by atoms with Crippen LogP contribution in [0, 0.1) is 5.82 Å². The second kappa shape index (κ2) is 6.80. The lowest BCUT2D eigenvalue weighted by Gasteiger charge is -2.13. The number of nitrogens with one attached hydrogen (secondary N) is 1. The standard InChI is InChI=1S/C17H15FN2O2S2/c1-12(13-5-3-2-4-6-13)20-24(21,22)16-11-19-17(23-16)14-7-9-15(18)10-8-14/h2-12,20H,1H3. The summed E-state index contributed by atoms with van der Waals surface area (Å²) in [5.74, 6) is -0.346. The molecule has 4 nitrogen and oxygen atoms in total. The Morgan fingerprint density at radius 2 is 1.75 bits per heavy atom. The third-order valence-corrected chi connectivity index (χ3v) is 6.52. The summed E-state index contributed by atoms with van der Waals surface area (Å²) in [4.78, 5) is 4.14. The molecule has 0 amide bonds. The molecule has 0 aliphatic rings. The topological polar surface area (TPSA) is 59.1 Å². The molecule has 1 atom stereocenters. The summed E-state index contributed by atoms with van der Waals surface area (Å²) in [5.41, 5.74) is 1.56. The maximum atomic E-state index is 13.0. The molecule has 3 rings (SSSR count). The van der Waals surface area contributed by atoms with E-state index in [1.54, 1.807) is 19.1 Å². The van der Waals surface area contributed by atoms with Gasteiger partial charge in [0.2, 0.25) is 0 Å². The van der Waals surface area contributed by atoms with E-state index in [0.717, 1.165) is 16.9 Å². The molecule has 1 heterocycles. The van der Waals surface area contributed by atoms with Crippen LogP contribution < -0.4 is 4.72 Å². The SMILES string of the molecule is CC(NS(=O)(=O)c1cnc(-c2ccc(F)cc2)s1)c1ccccc1. The highest BCUT2D eigenvalue weighted by Crippen LogP contribution is 2.28. The van der Waals surface area contributed by atoms with Crippen LogP contribution in [0.15, 0.2) is 65.0 Å². The van der Waals surface area contributed by atoms with E-state index in [-0.39, 0.29) is 16.1 Å². The van der Waals surface area contributed by atoms with Gasteiger partial charge in [0.25, 0.3) is 10.0 Å². The monoisotopic (exact) mass is 362 g/mol. The summed E-state index contributed by atoms with van der Waals surface area (Å²) in [6.07, 6.45) is 1.32. The first kappa shape index (κ1) is 16.8. The molecule has 1 aromatic heterocycles. The average Bonchev–Trinajstić information content (AvgIpc) is 3.07. The smallest absolute Gasteiger partial charge is 0.243 e. The third-order valence-electron chi connectivity index (χ3n) is 3.47. The van der Waals surface area contributed by atoms with Crippen molar-refractivity contribution in [2.45, 2.75) is 17.2 Å². The summed E-state index contributed by atoms with van der Waals surface area (Å²) in [6, 6.07) is 14.8. The molecule has 0 aliphatic heterocycles. The van der Waals surface area contributed by atoms with Crippen molar-refractivity contribution in [2.24, 2.45) is 0 Å². The van der Waals surface area contributed by atoms with Gasteiger partial charge in [-0.25, -0.2) is 22.5 Å². The van der Waals surface area contributed by atoms with Crippen molar-refractivity contribution >= 4 is 21.4 Å². The van der Waals surface area contributed by atoms with E-state index in [1.165, 1.54) is 18.3 Å². The van der Waals surface area contributed by atoms with E-state index in [9.17, 15) is 12.8 Å². The Balaban J connectivity index is 1.82. The van der Waals surface area contributed by atoms with Gasteiger partial charge in [-0.05, 0) is 36.8 Å². The first-order valence-corrected chi connectivity index (χ1v) is 9.55. The van der Waals surface area contributed by atoms with E-state index in [1.807, 2.05) is 30.3 Å². The van der Waals surface area contributed by atoms with Gasteiger partial charge in [-0.15, -0.1) is 11.3 Å². The molecule has 0 saturated heterocycles. The van der Waals surface area contributed by atoms with Crippen LogP contribution in [0.3, 0.4) is 0 Å². The fraction of sp³-hybridized carbons (Fsp3) is 0.118. The van der Waals surface area contributed by atoms with Gasteiger partial charge in [0.05, 0.1) is 6.20 Å². The van der Waals surface area contributed by atoms with Crippen LogP contribution >= 0.6 is 11.3 Å². The maximum Gasteiger partial charge on any atom is 0.252 e. The van der Waals surface area contributed by atoms with Crippen LogP contribution in [0.2, 0.25) is 0 Å². The van der Waals surface area contributed by atoms with Gasteiger partial charge < -0.3 is 0 Å². The van der Waals surface area contributed by atoms with Gasteiger partial charge in [-0.3, -0.25) is 0 Å². The lowest BCUT2D eigenvalue weighted by molar-refractivity contribution is 0.569. The molecular formula is C17H15FN2O2S2. The maximum absolute atomic E-state index is 13.0. The van der Waals surface area contributed by atoms with Crippen LogP contribution in [0.1, 0.15) is 18.5 Å². The van der Waals surface area contributed by atoms with Crippen molar-refractivity contribution in [3.63, 3.8) is 0 Å². The molecule has 1 unspecified atom stereocenters. The zero-order valence-electron chi connectivity index (χ0n) is 12.8. The van der Waals surface area contributed by atoms with E-state index in [2.05, 4.69) is 9.71 Å². The number of benzene rings is 2. The Labute approximate surface area is 144 Å². The molecule has 0 bridgehead atoms. The van der Waals surface area contributed by atoms with E-state index in [4.69, 9.17) is 0 Å². The highest BCUT2D eigenvalue weighted by molar-refractivity contribution is 7.91. The minimum absolute atomic E-state index is 0.129. The molecule has 2 aromatic carbocycles. The highest BCUT2D eigenvalue weighted by atomic mass is 32.2. The van der Waals surface area contributed by atoms with Crippen LogP contribution in [-0.2, 0) is 10.0 Å². The Morgan fingerprint density at radius 3 is 2.42 bits per heavy atom. The van der Waals surface area contributed by atoms with E-state index in [0.29, 0.717) is 10.6 Å². The molecule has 0 saturated carbocycles. The summed E-state index contributed by atoms with van der Waals surface area (Å²) in [5, 5.41) is 0.530. The number of sulfonamides is 1. The number of halogens is 1. The first-order chi connectivity index (χ1) is 11.5. The summed E-state index contributed by atoms with van der Waals surface area (Å²) in [6.45, 7) is 1.79. The van der Waals surface area contributed by atoms with Crippen molar-refractivity contribution in [1.29, 1.82) is 0 Å². The summed E-state index contributed by atoms with van der Waals surface area (Å²) >= 11 is 1.05. The number of thiazole rings is 1. The zero-order valence-corrected chi connectivity index (χ0v) is 14.4. The predicted molar refractivity (Wildman–Crippen MR) is 92.7 cm³/mol. The number of nitrogens with zero attached hydrogens (tertiary/aromatic N) is 1. The molecule has 0 aliphatic carbocycles. The number of hydrogen-bond acceptors (Lipinski definition) is 4. The van der Waals surface area contributed by atoms with Gasteiger partial charge in [0.15, 0.2) is 4.21 Å². The number of aromatic nitrogens is 1. The Morgan fingerprint density at radius 1 is 1.08 bits per heavy atom. The third kappa shape index (κ3) is 3.69. The van der Waals surface area contributed by atoms with Crippen LogP contribution in [0.4, 0.5) is 4.39 Å². The summed E-state index contributed by atoms with van der Waals surface area (Å²) < 4.78 is 40.8. The lowest BCUT2D eigenvalue weighted by Crippen LogP contribution is -2.26. The lowest BCUT2D eigenvalue weighted by atomic mass is 10.1. The van der Waals surface area contributed by atoms with Gasteiger partial charge in [0.1, 0.15) is 10.8 Å². The van der Waals surface area contributed by atoms with Crippen LogP contribution in [-0.4, -0.2) is 13.4 Å². The Bertz CT molecular complexity index is 923. The van der Waals surface area contributed by atoms with Crippen LogP contribution in [0.5, 0.6) is 0 Å². The van der Waals surface area contributed by atoms with Crippen LogP contribution in [0.25, 0.3) is 10.6 Å². The highest BCUT2D eigenvalue weighted by Gasteiger charge is 2.21. The van der Waals surface area contributed by atoms with Gasteiger partial charge in [-0.2, -0.15) is 0 Å². The molecule has 0 radical (unpaired) electrons. The summed E-state index contributed by atoms with van der Waals surface area (Å²) in [7, 11) is -3.67. The molecule has 3 aromatic rings. The number of rotatable bonds is 5. The fourth-order valence-electron chi connectivity index (χ4n) is 2.21. The average molecular weight is 362 g/mol. The number of hydrogen-bond donors (Lipinski definition) is 1. The Hall–Kier alpha value is -2.09. The first-order valence-electron chi connectivity index (χ1n) is 7.25. The minimum Gasteiger partial charge on any atom is -0.243 e. The van der Waals surface area contributed by atoms with E-state index < -0.39 is 10.0 Å². The van der Waals surface area contributed by atoms with E-state index >= 15 is 0 Å². The van der Waals surface area contributed by atoms with Crippen molar-refractivity contribution in [3.8, 4) is 10.6 Å². The predicted octanol–water partition coefficient (Wildman–Crippen LogP) is 3.99. The van der Waals surface area contributed by atoms with Crippen molar-refractivity contribution in [1.82, 2.24) is 9.71 Å². The van der Waals surface area contributed by atoms with Crippen molar-refractivity contribution in [2.75, 3.05) is 0 Å². The molecule has 7 heteroatoms. The van der Waals surface area contributed by atoms with Gasteiger partial charge in [-0.1, -0.05) is 30.3 Å². The second-order valence-corrected chi connectivity index (χ2v) is 8.22. The Kier molecular flexibility index (Phi) is 4.75. The molecule has 124 valence electrons. The van der Waals surface area contributed by atoms with Crippen molar-refractivity contribution < 1.29 is 12.8 Å². The molecule has 24 heavy (non-hydrogen) atoms. The molecular weight excluding hydrogens is 347 g/mol. The van der Waals surface area contributed by atoms with Gasteiger partial charge in [0, 0.05) is 11.6 Å². The zero-order chi connectivity index (χ0) is 17.2. The second-order valence-electron chi connectivity index (χ2n) is 5.25. The largest absolute Gasteiger partial charge is 0.252 e. The normalized spacial score (nSPS) is 12.9.